The predicted octanol–water partition coefficient (Wildman–Crippen LogP) is 3.63. The van der Waals surface area contributed by atoms with Gasteiger partial charge >= 0.3 is 0 Å². The lowest BCUT2D eigenvalue weighted by Crippen LogP contribution is -2.12. The zero-order valence-corrected chi connectivity index (χ0v) is 13.0. The minimum Gasteiger partial charge on any atom is -0.487 e. The average Bonchev–Trinajstić information content (AvgIpc) is 2.89. The highest BCUT2D eigenvalue weighted by atomic mass is 79.9. The molecular weight excluding hydrogens is 316 g/mol. The third-order valence-electron chi connectivity index (χ3n) is 3.72. The van der Waals surface area contributed by atoms with Crippen molar-refractivity contribution in [3.63, 3.8) is 0 Å². The Hall–Kier alpha value is -1.39. The maximum absolute atomic E-state index is 5.83. The van der Waals surface area contributed by atoms with Gasteiger partial charge in [0.1, 0.15) is 12.4 Å². The highest BCUT2D eigenvalue weighted by Crippen LogP contribution is 2.33. The number of pyridine rings is 1. The van der Waals surface area contributed by atoms with Crippen molar-refractivity contribution in [3.05, 3.63) is 57.8 Å². The van der Waals surface area contributed by atoms with Crippen LogP contribution < -0.4 is 10.1 Å². The Kier molecular flexibility index (Phi) is 4.03. The van der Waals surface area contributed by atoms with Gasteiger partial charge in [-0.1, -0.05) is 6.07 Å². The van der Waals surface area contributed by atoms with Gasteiger partial charge in [0.15, 0.2) is 0 Å². The number of hydrogen-bond acceptors (Lipinski definition) is 3. The van der Waals surface area contributed by atoms with Crippen LogP contribution in [0.3, 0.4) is 0 Å². The molecule has 3 nitrogen and oxygen atoms in total. The fraction of sp³-hybridized carbons (Fsp3) is 0.312. The SMILES string of the molecule is CNC1CCc2cc(OCc3ccc(Br)cn3)ccc21. The van der Waals surface area contributed by atoms with E-state index in [4.69, 9.17) is 4.74 Å². The Morgan fingerprint density at radius 1 is 1.35 bits per heavy atom. The Bertz CT molecular complexity index is 598. The lowest BCUT2D eigenvalue weighted by atomic mass is 10.1. The number of hydrogen-bond donors (Lipinski definition) is 1. The lowest BCUT2D eigenvalue weighted by Gasteiger charge is -2.11. The van der Waals surface area contributed by atoms with Gasteiger partial charge in [0.2, 0.25) is 0 Å². The smallest absolute Gasteiger partial charge is 0.130 e. The van der Waals surface area contributed by atoms with Crippen molar-refractivity contribution in [1.29, 1.82) is 0 Å². The maximum atomic E-state index is 5.83. The Labute approximate surface area is 127 Å². The van der Waals surface area contributed by atoms with E-state index in [0.29, 0.717) is 12.6 Å². The summed E-state index contributed by atoms with van der Waals surface area (Å²) in [5.74, 6) is 0.922. The van der Waals surface area contributed by atoms with Crippen LogP contribution in [0, 0.1) is 0 Å². The van der Waals surface area contributed by atoms with Crippen LogP contribution in [0.1, 0.15) is 29.3 Å². The van der Waals surface area contributed by atoms with Crippen LogP contribution in [-0.4, -0.2) is 12.0 Å². The molecule has 0 radical (unpaired) electrons. The van der Waals surface area contributed by atoms with Gasteiger partial charge in [-0.3, -0.25) is 4.98 Å². The number of nitrogens with one attached hydrogen (secondary N) is 1. The fourth-order valence-electron chi connectivity index (χ4n) is 2.63. The summed E-state index contributed by atoms with van der Waals surface area (Å²) >= 11 is 3.38. The van der Waals surface area contributed by atoms with Gasteiger partial charge in [-0.15, -0.1) is 0 Å². The van der Waals surface area contributed by atoms with Crippen LogP contribution in [0.2, 0.25) is 0 Å². The van der Waals surface area contributed by atoms with Gasteiger partial charge in [-0.25, -0.2) is 0 Å². The first-order valence-corrected chi connectivity index (χ1v) is 7.59. The third-order valence-corrected chi connectivity index (χ3v) is 4.19. The summed E-state index contributed by atoms with van der Waals surface area (Å²) in [6, 6.07) is 10.8. The molecule has 0 saturated heterocycles. The van der Waals surface area contributed by atoms with Crippen LogP contribution in [0.5, 0.6) is 5.75 Å². The minimum absolute atomic E-state index is 0.493. The number of fused-ring (bicyclic) bond motifs is 1. The molecule has 1 N–H and O–H groups in total. The second kappa shape index (κ2) is 5.94. The van der Waals surface area contributed by atoms with Crippen molar-refractivity contribution in [2.24, 2.45) is 0 Å². The Morgan fingerprint density at radius 3 is 3.00 bits per heavy atom. The second-order valence-corrected chi connectivity index (χ2v) is 5.91. The van der Waals surface area contributed by atoms with E-state index in [-0.39, 0.29) is 0 Å². The summed E-state index contributed by atoms with van der Waals surface area (Å²) in [6.07, 6.45) is 4.08. The molecular formula is C16H17BrN2O. The van der Waals surface area contributed by atoms with E-state index in [0.717, 1.165) is 22.3 Å². The highest BCUT2D eigenvalue weighted by Gasteiger charge is 2.20. The van der Waals surface area contributed by atoms with Crippen LogP contribution in [-0.2, 0) is 13.0 Å². The van der Waals surface area contributed by atoms with Gasteiger partial charge in [-0.2, -0.15) is 0 Å². The quantitative estimate of drug-likeness (QED) is 0.928. The molecule has 1 heterocycles. The number of halogens is 1. The van der Waals surface area contributed by atoms with E-state index in [1.807, 2.05) is 25.2 Å². The normalized spacial score (nSPS) is 17.0. The molecule has 1 aliphatic carbocycles. The van der Waals surface area contributed by atoms with Gasteiger partial charge in [0, 0.05) is 16.7 Å². The Balaban J connectivity index is 1.68. The molecule has 104 valence electrons. The van der Waals surface area contributed by atoms with Crippen molar-refractivity contribution >= 4 is 15.9 Å². The topological polar surface area (TPSA) is 34.1 Å². The van der Waals surface area contributed by atoms with Gasteiger partial charge in [0.25, 0.3) is 0 Å². The van der Waals surface area contributed by atoms with Crippen LogP contribution in [0.4, 0.5) is 0 Å². The standard InChI is InChI=1S/C16H17BrN2O/c1-18-16-7-2-11-8-14(5-6-15(11)16)20-10-13-4-3-12(17)9-19-13/h3-6,8-9,16,18H,2,7,10H2,1H3. The monoisotopic (exact) mass is 332 g/mol. The first-order valence-electron chi connectivity index (χ1n) is 6.79. The zero-order valence-electron chi connectivity index (χ0n) is 11.4. The number of aromatic nitrogens is 1. The van der Waals surface area contributed by atoms with Gasteiger partial charge in [0.05, 0.1) is 5.69 Å². The van der Waals surface area contributed by atoms with E-state index < -0.39 is 0 Å². The molecule has 0 aliphatic heterocycles. The van der Waals surface area contributed by atoms with E-state index in [2.05, 4.69) is 38.4 Å². The first kappa shape index (κ1) is 13.6. The molecule has 0 saturated carbocycles. The summed E-state index contributed by atoms with van der Waals surface area (Å²) in [5, 5.41) is 3.35. The third kappa shape index (κ3) is 2.86. The molecule has 1 aromatic carbocycles. The molecule has 3 rings (SSSR count). The number of ether oxygens (including phenoxy) is 1. The largest absolute Gasteiger partial charge is 0.487 e. The molecule has 1 atom stereocenters. The number of benzene rings is 1. The summed E-state index contributed by atoms with van der Waals surface area (Å²) in [6.45, 7) is 0.502. The average molecular weight is 333 g/mol. The van der Waals surface area contributed by atoms with Gasteiger partial charge < -0.3 is 10.1 Å². The van der Waals surface area contributed by atoms with Crippen molar-refractivity contribution in [1.82, 2.24) is 10.3 Å². The van der Waals surface area contributed by atoms with Crippen molar-refractivity contribution in [2.75, 3.05) is 7.05 Å². The molecule has 0 spiro atoms. The number of nitrogens with zero attached hydrogens (tertiary/aromatic N) is 1. The van der Waals surface area contributed by atoms with Crippen LogP contribution in [0.15, 0.2) is 41.0 Å². The summed E-state index contributed by atoms with van der Waals surface area (Å²) in [7, 11) is 2.02. The molecule has 1 aliphatic rings. The molecule has 1 unspecified atom stereocenters. The van der Waals surface area contributed by atoms with E-state index in [1.165, 1.54) is 17.5 Å². The summed E-state index contributed by atoms with van der Waals surface area (Å²) in [5.41, 5.74) is 3.73. The molecule has 20 heavy (non-hydrogen) atoms. The molecule has 0 bridgehead atoms. The molecule has 2 aromatic rings. The maximum Gasteiger partial charge on any atom is 0.130 e. The molecule has 0 fully saturated rings. The van der Waals surface area contributed by atoms with E-state index in [9.17, 15) is 0 Å². The van der Waals surface area contributed by atoms with Crippen molar-refractivity contribution in [3.8, 4) is 5.75 Å². The number of aryl methyl sites for hydroxylation is 1. The number of rotatable bonds is 4. The lowest BCUT2D eigenvalue weighted by molar-refractivity contribution is 0.301. The minimum atomic E-state index is 0.493. The van der Waals surface area contributed by atoms with E-state index in [1.54, 1.807) is 6.20 Å². The van der Waals surface area contributed by atoms with E-state index >= 15 is 0 Å². The highest BCUT2D eigenvalue weighted by molar-refractivity contribution is 9.10. The van der Waals surface area contributed by atoms with Crippen LogP contribution in [0.25, 0.3) is 0 Å². The Morgan fingerprint density at radius 2 is 2.25 bits per heavy atom. The zero-order chi connectivity index (χ0) is 13.9. The molecule has 4 heteroatoms. The molecule has 1 aromatic heterocycles. The first-order chi connectivity index (χ1) is 9.76. The fourth-order valence-corrected chi connectivity index (χ4v) is 2.87. The van der Waals surface area contributed by atoms with Crippen molar-refractivity contribution in [2.45, 2.75) is 25.5 Å². The summed E-state index contributed by atoms with van der Waals surface area (Å²) < 4.78 is 6.81. The summed E-state index contributed by atoms with van der Waals surface area (Å²) in [4.78, 5) is 4.31. The van der Waals surface area contributed by atoms with Crippen molar-refractivity contribution < 1.29 is 4.74 Å². The van der Waals surface area contributed by atoms with Gasteiger partial charge in [-0.05, 0) is 71.2 Å². The second-order valence-electron chi connectivity index (χ2n) is 5.00. The molecule has 0 amide bonds. The van der Waals surface area contributed by atoms with Crippen LogP contribution >= 0.6 is 15.9 Å². The predicted molar refractivity (Wildman–Crippen MR) is 82.8 cm³/mol.